The number of esters is 1. The molecule has 1 aliphatic rings. The number of aliphatic hydroxyl groups is 1. The maximum atomic E-state index is 11.6. The van der Waals surface area contributed by atoms with E-state index < -0.39 is 12.1 Å². The summed E-state index contributed by atoms with van der Waals surface area (Å²) >= 11 is 0. The molecule has 1 fully saturated rings. The standard InChI is InChI=1S/C19H29NO5/c1-13-6-4-5-7-16(13)20-11-15(21)12-25-17-9-8-14(19(22)24-3)10-18(17)23-2/h8-10,13,15-16,20-21H,4-7,11-12H2,1-3H3/t13-,15+,16+/m1/s1. The molecule has 1 aliphatic carbocycles. The number of carbonyl (C=O) groups excluding carboxylic acids is 1. The maximum absolute atomic E-state index is 11.6. The van der Waals surface area contributed by atoms with Gasteiger partial charge in [0.1, 0.15) is 12.7 Å². The van der Waals surface area contributed by atoms with Crippen molar-refractivity contribution in [2.24, 2.45) is 5.92 Å². The van der Waals surface area contributed by atoms with E-state index in [-0.39, 0.29) is 6.61 Å². The van der Waals surface area contributed by atoms with Crippen LogP contribution in [0.3, 0.4) is 0 Å². The molecule has 0 spiro atoms. The summed E-state index contributed by atoms with van der Waals surface area (Å²) in [5, 5.41) is 13.6. The summed E-state index contributed by atoms with van der Waals surface area (Å²) in [5.41, 5.74) is 0.389. The van der Waals surface area contributed by atoms with Crippen molar-refractivity contribution in [2.75, 3.05) is 27.4 Å². The fraction of sp³-hybridized carbons (Fsp3) is 0.632. The Morgan fingerprint density at radius 2 is 2.04 bits per heavy atom. The summed E-state index contributed by atoms with van der Waals surface area (Å²) in [6.45, 7) is 2.91. The number of hydrogen-bond donors (Lipinski definition) is 2. The molecule has 1 aromatic rings. The lowest BCUT2D eigenvalue weighted by molar-refractivity contribution is 0.0600. The minimum absolute atomic E-state index is 0.155. The molecule has 6 heteroatoms. The van der Waals surface area contributed by atoms with E-state index in [1.165, 1.54) is 33.5 Å². The van der Waals surface area contributed by atoms with Crippen LogP contribution in [0.1, 0.15) is 43.0 Å². The van der Waals surface area contributed by atoms with Gasteiger partial charge in [-0.05, 0) is 37.0 Å². The molecule has 25 heavy (non-hydrogen) atoms. The lowest BCUT2D eigenvalue weighted by Gasteiger charge is -2.30. The molecule has 0 aromatic heterocycles. The number of aliphatic hydroxyl groups excluding tert-OH is 1. The fourth-order valence-electron chi connectivity index (χ4n) is 3.18. The summed E-state index contributed by atoms with van der Waals surface area (Å²) < 4.78 is 15.6. The van der Waals surface area contributed by atoms with Crippen molar-refractivity contribution >= 4 is 5.97 Å². The van der Waals surface area contributed by atoms with Gasteiger partial charge in [0.25, 0.3) is 0 Å². The Hall–Kier alpha value is -1.79. The van der Waals surface area contributed by atoms with Gasteiger partial charge in [-0.3, -0.25) is 0 Å². The normalized spacial score (nSPS) is 21.4. The molecule has 0 amide bonds. The highest BCUT2D eigenvalue weighted by Crippen LogP contribution is 2.28. The van der Waals surface area contributed by atoms with Gasteiger partial charge in [0.2, 0.25) is 0 Å². The molecule has 0 bridgehead atoms. The first-order valence-corrected chi connectivity index (χ1v) is 8.85. The molecular weight excluding hydrogens is 322 g/mol. The maximum Gasteiger partial charge on any atom is 0.337 e. The zero-order valence-corrected chi connectivity index (χ0v) is 15.3. The molecule has 0 saturated heterocycles. The third kappa shape index (κ3) is 5.61. The molecule has 140 valence electrons. The summed E-state index contributed by atoms with van der Waals surface area (Å²) in [5.74, 6) is 1.13. The Morgan fingerprint density at radius 3 is 2.72 bits per heavy atom. The third-order valence-corrected chi connectivity index (χ3v) is 4.74. The van der Waals surface area contributed by atoms with Gasteiger partial charge in [-0.1, -0.05) is 19.8 Å². The van der Waals surface area contributed by atoms with Gasteiger partial charge in [0.15, 0.2) is 11.5 Å². The van der Waals surface area contributed by atoms with Gasteiger partial charge >= 0.3 is 5.97 Å². The van der Waals surface area contributed by atoms with Crippen molar-refractivity contribution in [3.8, 4) is 11.5 Å². The second-order valence-electron chi connectivity index (χ2n) is 6.60. The Bertz CT molecular complexity index is 563. The second kappa shape index (κ2) is 9.63. The Morgan fingerprint density at radius 1 is 1.28 bits per heavy atom. The van der Waals surface area contributed by atoms with E-state index in [9.17, 15) is 9.90 Å². The van der Waals surface area contributed by atoms with Crippen molar-refractivity contribution in [3.05, 3.63) is 23.8 Å². The summed E-state index contributed by atoms with van der Waals surface area (Å²) in [6.07, 6.45) is 4.34. The molecule has 2 rings (SSSR count). The molecule has 3 atom stereocenters. The molecule has 1 aromatic carbocycles. The number of rotatable bonds is 8. The van der Waals surface area contributed by atoms with Crippen molar-refractivity contribution in [2.45, 2.75) is 44.8 Å². The molecule has 0 radical (unpaired) electrons. The topological polar surface area (TPSA) is 77.0 Å². The summed E-state index contributed by atoms with van der Waals surface area (Å²) in [7, 11) is 2.83. The van der Waals surface area contributed by atoms with Gasteiger partial charge in [0, 0.05) is 12.6 Å². The van der Waals surface area contributed by atoms with Crippen molar-refractivity contribution in [1.29, 1.82) is 0 Å². The lowest BCUT2D eigenvalue weighted by Crippen LogP contribution is -2.42. The van der Waals surface area contributed by atoms with Gasteiger partial charge in [-0.2, -0.15) is 0 Å². The monoisotopic (exact) mass is 351 g/mol. The minimum atomic E-state index is -0.612. The molecule has 0 unspecified atom stereocenters. The van der Waals surface area contributed by atoms with E-state index in [4.69, 9.17) is 9.47 Å². The predicted octanol–water partition coefficient (Wildman–Crippen LogP) is 2.39. The first-order valence-electron chi connectivity index (χ1n) is 8.85. The zero-order valence-electron chi connectivity index (χ0n) is 15.3. The van der Waals surface area contributed by atoms with Gasteiger partial charge in [-0.25, -0.2) is 4.79 Å². The Kier molecular flexibility index (Phi) is 7.52. The van der Waals surface area contributed by atoms with Crippen LogP contribution in [0.5, 0.6) is 11.5 Å². The van der Waals surface area contributed by atoms with Crippen LogP contribution >= 0.6 is 0 Å². The Labute approximate surface area is 149 Å². The van der Waals surface area contributed by atoms with Crippen LogP contribution in [0.15, 0.2) is 18.2 Å². The van der Waals surface area contributed by atoms with Crippen LogP contribution < -0.4 is 14.8 Å². The van der Waals surface area contributed by atoms with Crippen LogP contribution in [0.4, 0.5) is 0 Å². The number of hydrogen-bond acceptors (Lipinski definition) is 6. The van der Waals surface area contributed by atoms with Crippen LogP contribution in [0.2, 0.25) is 0 Å². The quantitative estimate of drug-likeness (QED) is 0.701. The largest absolute Gasteiger partial charge is 0.493 e. The van der Waals surface area contributed by atoms with Crippen LogP contribution in [-0.4, -0.2) is 50.6 Å². The smallest absolute Gasteiger partial charge is 0.337 e. The van der Waals surface area contributed by atoms with Crippen molar-refractivity contribution in [1.82, 2.24) is 5.32 Å². The SMILES string of the molecule is COC(=O)c1ccc(OC[C@@H](O)CN[C@H]2CCCC[C@H]2C)c(OC)c1. The van der Waals surface area contributed by atoms with Crippen molar-refractivity contribution in [3.63, 3.8) is 0 Å². The van der Waals surface area contributed by atoms with E-state index in [2.05, 4.69) is 17.0 Å². The van der Waals surface area contributed by atoms with E-state index in [1.807, 2.05) is 0 Å². The number of methoxy groups -OCH3 is 2. The van der Waals surface area contributed by atoms with Gasteiger partial charge in [0.05, 0.1) is 19.8 Å². The first-order chi connectivity index (χ1) is 12.0. The molecule has 0 aliphatic heterocycles. The van der Waals surface area contributed by atoms with E-state index in [0.717, 1.165) is 6.42 Å². The van der Waals surface area contributed by atoms with Gasteiger partial charge < -0.3 is 24.6 Å². The third-order valence-electron chi connectivity index (χ3n) is 4.74. The van der Waals surface area contributed by atoms with E-state index >= 15 is 0 Å². The lowest BCUT2D eigenvalue weighted by atomic mass is 9.86. The van der Waals surface area contributed by atoms with Crippen LogP contribution in [-0.2, 0) is 4.74 Å². The fourth-order valence-corrected chi connectivity index (χ4v) is 3.18. The first kappa shape index (κ1) is 19.5. The van der Waals surface area contributed by atoms with E-state index in [0.29, 0.717) is 35.6 Å². The molecule has 6 nitrogen and oxygen atoms in total. The molecule has 0 heterocycles. The molecular formula is C19H29NO5. The highest BCUT2D eigenvalue weighted by molar-refractivity contribution is 5.90. The second-order valence-corrected chi connectivity index (χ2v) is 6.60. The van der Waals surface area contributed by atoms with Crippen LogP contribution in [0.25, 0.3) is 0 Å². The summed E-state index contributed by atoms with van der Waals surface area (Å²) in [6, 6.07) is 5.29. The highest BCUT2D eigenvalue weighted by atomic mass is 16.5. The number of carbonyl (C=O) groups is 1. The van der Waals surface area contributed by atoms with Crippen molar-refractivity contribution < 1.29 is 24.1 Å². The number of ether oxygens (including phenoxy) is 3. The van der Waals surface area contributed by atoms with Crippen LogP contribution in [0, 0.1) is 5.92 Å². The average molecular weight is 351 g/mol. The predicted molar refractivity (Wildman–Crippen MR) is 95.3 cm³/mol. The zero-order chi connectivity index (χ0) is 18.2. The van der Waals surface area contributed by atoms with Gasteiger partial charge in [-0.15, -0.1) is 0 Å². The Balaban J connectivity index is 1.84. The molecule has 2 N–H and O–H groups in total. The minimum Gasteiger partial charge on any atom is -0.493 e. The van der Waals surface area contributed by atoms with E-state index in [1.54, 1.807) is 18.2 Å². The number of benzene rings is 1. The summed E-state index contributed by atoms with van der Waals surface area (Å²) in [4.78, 5) is 11.6. The molecule has 1 saturated carbocycles. The highest BCUT2D eigenvalue weighted by Gasteiger charge is 2.21. The number of nitrogens with one attached hydrogen (secondary N) is 1. The average Bonchev–Trinajstić information content (AvgIpc) is 2.64.